The van der Waals surface area contributed by atoms with Gasteiger partial charge >= 0.3 is 5.97 Å². The van der Waals surface area contributed by atoms with Crippen molar-refractivity contribution in [2.24, 2.45) is 0 Å². The van der Waals surface area contributed by atoms with Crippen molar-refractivity contribution in [2.75, 3.05) is 7.11 Å². The fraction of sp³-hybridized carbons (Fsp3) is 0.211. The van der Waals surface area contributed by atoms with Gasteiger partial charge in [0.25, 0.3) is 6.43 Å². The zero-order valence-electron chi connectivity index (χ0n) is 13.6. The number of benzene rings is 2. The van der Waals surface area contributed by atoms with Crippen LogP contribution in [0.4, 0.5) is 8.78 Å². The normalized spacial score (nSPS) is 11.6. The lowest BCUT2D eigenvalue weighted by atomic mass is 10.0. The van der Waals surface area contributed by atoms with Crippen molar-refractivity contribution >= 4 is 17.7 Å². The van der Waals surface area contributed by atoms with Crippen LogP contribution in [0.5, 0.6) is 5.75 Å². The number of aromatic carboxylic acids is 1. The number of aryl methyl sites for hydroxylation is 1. The van der Waals surface area contributed by atoms with Crippen molar-refractivity contribution in [1.29, 1.82) is 0 Å². The maximum atomic E-state index is 13.3. The Morgan fingerprint density at radius 2 is 1.88 bits per heavy atom. The number of hydrogen-bond acceptors (Lipinski definition) is 3. The average Bonchev–Trinajstić information content (AvgIpc) is 2.61. The standard InChI is InChI=1S/C19H18F2O3S/c1-24-14-9-11-15(12-10-14)25-17(18(20)21)8-4-6-13-5-2-3-7-16(13)19(22)23/h2-3,5,7-12,18H,4,6H2,1H3,(H,22,23)/b17-8-. The summed E-state index contributed by atoms with van der Waals surface area (Å²) in [4.78, 5) is 11.8. The van der Waals surface area contributed by atoms with E-state index in [-0.39, 0.29) is 10.5 Å². The summed E-state index contributed by atoms with van der Waals surface area (Å²) in [5.41, 5.74) is 0.839. The zero-order chi connectivity index (χ0) is 18.2. The van der Waals surface area contributed by atoms with Crippen LogP contribution in [-0.2, 0) is 6.42 Å². The zero-order valence-corrected chi connectivity index (χ0v) is 14.4. The predicted molar refractivity (Wildman–Crippen MR) is 94.7 cm³/mol. The van der Waals surface area contributed by atoms with Gasteiger partial charge in [-0.15, -0.1) is 0 Å². The summed E-state index contributed by atoms with van der Waals surface area (Å²) in [5.74, 6) is -0.349. The molecule has 0 amide bonds. The molecule has 0 bridgehead atoms. The molecule has 0 heterocycles. The van der Waals surface area contributed by atoms with E-state index in [1.54, 1.807) is 49.6 Å². The second-order valence-corrected chi connectivity index (χ2v) is 6.33. The van der Waals surface area contributed by atoms with Gasteiger partial charge in [0.2, 0.25) is 0 Å². The van der Waals surface area contributed by atoms with Gasteiger partial charge in [-0.25, -0.2) is 13.6 Å². The molecule has 0 aliphatic heterocycles. The molecule has 25 heavy (non-hydrogen) atoms. The molecule has 0 saturated carbocycles. The number of halogens is 2. The molecule has 0 spiro atoms. The molecule has 0 aliphatic rings. The second-order valence-electron chi connectivity index (χ2n) is 5.19. The van der Waals surface area contributed by atoms with Crippen LogP contribution in [0, 0.1) is 0 Å². The molecule has 2 rings (SSSR count). The Morgan fingerprint density at radius 1 is 1.20 bits per heavy atom. The Balaban J connectivity index is 2.06. The molecule has 132 valence electrons. The van der Waals surface area contributed by atoms with Crippen LogP contribution in [0.25, 0.3) is 0 Å². The third-order valence-electron chi connectivity index (χ3n) is 3.52. The van der Waals surface area contributed by atoms with Crippen LogP contribution in [0.2, 0.25) is 0 Å². The molecule has 0 fully saturated rings. The summed E-state index contributed by atoms with van der Waals surface area (Å²) in [6.07, 6.45) is -0.380. The fourth-order valence-corrected chi connectivity index (χ4v) is 3.11. The summed E-state index contributed by atoms with van der Waals surface area (Å²) in [6.45, 7) is 0. The number of carboxylic acids is 1. The number of carboxylic acid groups (broad SMARTS) is 1. The second kappa shape index (κ2) is 9.22. The number of methoxy groups -OCH3 is 1. The number of ether oxygens (including phenoxy) is 1. The Kier molecular flexibility index (Phi) is 7.01. The van der Waals surface area contributed by atoms with Crippen molar-refractivity contribution in [3.63, 3.8) is 0 Å². The predicted octanol–water partition coefficient (Wildman–Crippen LogP) is 5.27. The summed E-state index contributed by atoms with van der Waals surface area (Å²) in [6, 6.07) is 13.5. The number of alkyl halides is 2. The van der Waals surface area contributed by atoms with Gasteiger partial charge in [-0.05, 0) is 48.7 Å². The van der Waals surface area contributed by atoms with Gasteiger partial charge in [-0.3, -0.25) is 0 Å². The van der Waals surface area contributed by atoms with Crippen LogP contribution in [0.15, 0.2) is 64.4 Å². The lowest BCUT2D eigenvalue weighted by molar-refractivity contribution is 0.0695. The SMILES string of the molecule is COc1ccc(S/C(=C\CCc2ccccc2C(=O)O)C(F)F)cc1. The van der Waals surface area contributed by atoms with Crippen LogP contribution < -0.4 is 4.74 Å². The van der Waals surface area contributed by atoms with Gasteiger partial charge in [0.05, 0.1) is 17.6 Å². The highest BCUT2D eigenvalue weighted by Crippen LogP contribution is 2.32. The average molecular weight is 364 g/mol. The highest BCUT2D eigenvalue weighted by molar-refractivity contribution is 8.03. The maximum absolute atomic E-state index is 13.3. The van der Waals surface area contributed by atoms with E-state index in [0.29, 0.717) is 29.1 Å². The lowest BCUT2D eigenvalue weighted by Gasteiger charge is -2.08. The van der Waals surface area contributed by atoms with Crippen LogP contribution >= 0.6 is 11.8 Å². The van der Waals surface area contributed by atoms with Crippen LogP contribution in [0.3, 0.4) is 0 Å². The molecule has 0 aromatic heterocycles. The number of carbonyl (C=O) groups is 1. The summed E-state index contributed by atoms with van der Waals surface area (Å²) in [5, 5.41) is 9.15. The molecule has 3 nitrogen and oxygen atoms in total. The van der Waals surface area contributed by atoms with Gasteiger partial charge in [-0.2, -0.15) is 0 Å². The minimum absolute atomic E-state index is 0.0435. The summed E-state index contributed by atoms with van der Waals surface area (Å²) < 4.78 is 31.6. The number of thioether (sulfide) groups is 1. The first-order valence-corrected chi connectivity index (χ1v) is 8.44. The molecule has 0 atom stereocenters. The first-order valence-electron chi connectivity index (χ1n) is 7.62. The van der Waals surface area contributed by atoms with Gasteiger partial charge in [0, 0.05) is 4.90 Å². The molecule has 0 aliphatic carbocycles. The molecule has 2 aromatic carbocycles. The maximum Gasteiger partial charge on any atom is 0.335 e. The third kappa shape index (κ3) is 5.60. The Bertz CT molecular complexity index is 743. The third-order valence-corrected chi connectivity index (χ3v) is 4.61. The summed E-state index contributed by atoms with van der Waals surface area (Å²) >= 11 is 1.00. The van der Waals surface area contributed by atoms with E-state index >= 15 is 0 Å². The summed E-state index contributed by atoms with van der Waals surface area (Å²) in [7, 11) is 1.54. The van der Waals surface area contributed by atoms with Gasteiger partial charge in [0.1, 0.15) is 5.75 Å². The number of rotatable bonds is 8. The highest BCUT2D eigenvalue weighted by atomic mass is 32.2. The molecule has 6 heteroatoms. The van der Waals surface area contributed by atoms with Crippen LogP contribution in [-0.4, -0.2) is 24.6 Å². The quantitative estimate of drug-likeness (QED) is 0.649. The molecule has 0 radical (unpaired) electrons. The van der Waals surface area contributed by atoms with E-state index in [1.165, 1.54) is 12.1 Å². The van der Waals surface area contributed by atoms with Gasteiger partial charge in [-0.1, -0.05) is 36.0 Å². The topological polar surface area (TPSA) is 46.5 Å². The Hall–Kier alpha value is -2.34. The minimum Gasteiger partial charge on any atom is -0.497 e. The smallest absolute Gasteiger partial charge is 0.335 e. The molecular formula is C19H18F2O3S. The first-order chi connectivity index (χ1) is 12.0. The number of hydrogen-bond donors (Lipinski definition) is 1. The van der Waals surface area contributed by atoms with Gasteiger partial charge < -0.3 is 9.84 Å². The van der Waals surface area contributed by atoms with Crippen molar-refractivity contribution in [3.8, 4) is 5.75 Å². The first kappa shape index (κ1) is 19.0. The monoisotopic (exact) mass is 364 g/mol. The van der Waals surface area contributed by atoms with Crippen LogP contribution in [0.1, 0.15) is 22.3 Å². The molecule has 0 unspecified atom stereocenters. The van der Waals surface area contributed by atoms with Crippen molar-refractivity contribution < 1.29 is 23.4 Å². The van der Waals surface area contributed by atoms with Crippen molar-refractivity contribution in [3.05, 3.63) is 70.6 Å². The van der Waals surface area contributed by atoms with E-state index in [0.717, 1.165) is 11.8 Å². The Labute approximate surface area is 149 Å². The number of allylic oxidation sites excluding steroid dienone is 2. The Morgan fingerprint density at radius 3 is 2.48 bits per heavy atom. The van der Waals surface area contributed by atoms with Crippen molar-refractivity contribution in [2.45, 2.75) is 24.2 Å². The highest BCUT2D eigenvalue weighted by Gasteiger charge is 2.13. The molecular weight excluding hydrogens is 346 g/mol. The van der Waals surface area contributed by atoms with E-state index in [1.807, 2.05) is 0 Å². The minimum atomic E-state index is -2.58. The van der Waals surface area contributed by atoms with E-state index < -0.39 is 12.4 Å². The lowest BCUT2D eigenvalue weighted by Crippen LogP contribution is -2.02. The van der Waals surface area contributed by atoms with E-state index in [9.17, 15) is 13.6 Å². The molecule has 2 aromatic rings. The van der Waals surface area contributed by atoms with Gasteiger partial charge in [0.15, 0.2) is 0 Å². The fourth-order valence-electron chi connectivity index (χ4n) is 2.27. The largest absolute Gasteiger partial charge is 0.497 e. The molecule has 0 saturated heterocycles. The van der Waals surface area contributed by atoms with E-state index in [4.69, 9.17) is 9.84 Å². The van der Waals surface area contributed by atoms with E-state index in [2.05, 4.69) is 0 Å². The van der Waals surface area contributed by atoms with Crippen molar-refractivity contribution in [1.82, 2.24) is 0 Å². The molecule has 1 N–H and O–H groups in total.